The topological polar surface area (TPSA) is 96.7 Å². The lowest BCUT2D eigenvalue weighted by Gasteiger charge is -2.23. The number of oxime groups is 1. The predicted octanol–water partition coefficient (Wildman–Crippen LogP) is -0.229. The van der Waals surface area contributed by atoms with Crippen LogP contribution in [-0.4, -0.2) is 44.2 Å². The molecule has 3 N–H and O–H groups in total. The van der Waals surface area contributed by atoms with Gasteiger partial charge in [0.05, 0.1) is 6.04 Å². The van der Waals surface area contributed by atoms with Gasteiger partial charge in [0.15, 0.2) is 5.84 Å². The molecule has 7 nitrogen and oxygen atoms in total. The van der Waals surface area contributed by atoms with Crippen molar-refractivity contribution in [2.45, 2.75) is 18.9 Å². The van der Waals surface area contributed by atoms with Gasteiger partial charge < -0.3 is 15.8 Å². The molecule has 1 amide bonds. The molecule has 1 atom stereocenters. The molecule has 0 saturated carbocycles. The highest BCUT2D eigenvalue weighted by molar-refractivity contribution is 5.97. The Labute approximate surface area is 98.5 Å². The van der Waals surface area contributed by atoms with Gasteiger partial charge in [0.1, 0.15) is 5.69 Å². The Bertz CT molecular complexity index is 453. The van der Waals surface area contributed by atoms with Crippen molar-refractivity contribution in [2.75, 3.05) is 6.54 Å². The molecule has 0 radical (unpaired) electrons. The molecule has 7 heteroatoms. The number of aromatic nitrogens is 2. The number of amides is 1. The third-order valence-corrected chi connectivity index (χ3v) is 3.01. The average Bonchev–Trinajstić information content (AvgIpc) is 2.95. The minimum Gasteiger partial charge on any atom is -0.409 e. The predicted molar refractivity (Wildman–Crippen MR) is 60.7 cm³/mol. The summed E-state index contributed by atoms with van der Waals surface area (Å²) in [4.78, 5) is 13.8. The summed E-state index contributed by atoms with van der Waals surface area (Å²) in [5.41, 5.74) is 6.08. The molecule has 1 unspecified atom stereocenters. The van der Waals surface area contributed by atoms with Crippen LogP contribution in [-0.2, 0) is 7.05 Å². The van der Waals surface area contributed by atoms with Crippen LogP contribution in [0.4, 0.5) is 0 Å². The second-order valence-corrected chi connectivity index (χ2v) is 4.02. The standard InChI is InChI=1S/C10H15N5O2/c1-14-8(4-5-12-14)10(16)15-6-2-3-7(15)9(11)13-17/h4-5,7,17H,2-3,6H2,1H3,(H2,11,13). The molecule has 17 heavy (non-hydrogen) atoms. The lowest BCUT2D eigenvalue weighted by atomic mass is 10.2. The molecular formula is C10H15N5O2. The van der Waals surface area contributed by atoms with Crippen molar-refractivity contribution in [1.29, 1.82) is 0 Å². The molecule has 1 aromatic heterocycles. The number of amidine groups is 1. The third-order valence-electron chi connectivity index (χ3n) is 3.01. The summed E-state index contributed by atoms with van der Waals surface area (Å²) < 4.78 is 1.52. The van der Waals surface area contributed by atoms with Gasteiger partial charge in [0.25, 0.3) is 5.91 Å². The molecule has 92 valence electrons. The first-order valence-electron chi connectivity index (χ1n) is 5.41. The first-order chi connectivity index (χ1) is 8.15. The van der Waals surface area contributed by atoms with E-state index < -0.39 is 0 Å². The maximum absolute atomic E-state index is 12.2. The van der Waals surface area contributed by atoms with Crippen molar-refractivity contribution >= 4 is 11.7 Å². The van der Waals surface area contributed by atoms with Gasteiger partial charge >= 0.3 is 0 Å². The van der Waals surface area contributed by atoms with E-state index in [1.54, 1.807) is 24.2 Å². The Morgan fingerprint density at radius 3 is 3.06 bits per heavy atom. The highest BCUT2D eigenvalue weighted by atomic mass is 16.4. The fourth-order valence-electron chi connectivity index (χ4n) is 2.11. The second kappa shape index (κ2) is 4.44. The molecular weight excluding hydrogens is 222 g/mol. The van der Waals surface area contributed by atoms with E-state index in [0.29, 0.717) is 12.2 Å². The van der Waals surface area contributed by atoms with Crippen molar-refractivity contribution in [2.24, 2.45) is 17.9 Å². The van der Waals surface area contributed by atoms with Gasteiger partial charge in [-0.15, -0.1) is 0 Å². The molecule has 1 aliphatic rings. The van der Waals surface area contributed by atoms with Gasteiger partial charge in [-0.1, -0.05) is 5.16 Å². The molecule has 0 bridgehead atoms. The molecule has 2 heterocycles. The van der Waals surface area contributed by atoms with Gasteiger partial charge in [0, 0.05) is 19.8 Å². The first kappa shape index (κ1) is 11.4. The van der Waals surface area contributed by atoms with E-state index in [1.165, 1.54) is 4.68 Å². The molecule has 1 fully saturated rings. The number of aryl methyl sites for hydroxylation is 1. The fraction of sp³-hybridized carbons (Fsp3) is 0.500. The molecule has 1 saturated heterocycles. The summed E-state index contributed by atoms with van der Waals surface area (Å²) in [5.74, 6) is -0.0582. The number of rotatable bonds is 2. The van der Waals surface area contributed by atoms with Crippen LogP contribution in [0.2, 0.25) is 0 Å². The summed E-state index contributed by atoms with van der Waals surface area (Å²) in [6.07, 6.45) is 3.14. The largest absolute Gasteiger partial charge is 0.409 e. The van der Waals surface area contributed by atoms with Gasteiger partial charge in [0.2, 0.25) is 0 Å². The van der Waals surface area contributed by atoms with E-state index in [2.05, 4.69) is 10.3 Å². The number of carbonyl (C=O) groups excluding carboxylic acids is 1. The number of hydrogen-bond acceptors (Lipinski definition) is 4. The Kier molecular flexibility index (Phi) is 2.99. The van der Waals surface area contributed by atoms with Crippen LogP contribution in [0.15, 0.2) is 17.4 Å². The van der Waals surface area contributed by atoms with Crippen molar-refractivity contribution in [3.8, 4) is 0 Å². The average molecular weight is 237 g/mol. The maximum atomic E-state index is 12.2. The number of nitrogens with two attached hydrogens (primary N) is 1. The van der Waals surface area contributed by atoms with Gasteiger partial charge in [-0.2, -0.15) is 5.10 Å². The van der Waals surface area contributed by atoms with Gasteiger partial charge in [-0.05, 0) is 18.9 Å². The van der Waals surface area contributed by atoms with E-state index in [-0.39, 0.29) is 17.8 Å². The van der Waals surface area contributed by atoms with Gasteiger partial charge in [-0.3, -0.25) is 9.48 Å². The van der Waals surface area contributed by atoms with Crippen molar-refractivity contribution < 1.29 is 10.0 Å². The van der Waals surface area contributed by atoms with Crippen LogP contribution < -0.4 is 5.73 Å². The van der Waals surface area contributed by atoms with Crippen molar-refractivity contribution in [3.63, 3.8) is 0 Å². The van der Waals surface area contributed by atoms with Crippen molar-refractivity contribution in [3.05, 3.63) is 18.0 Å². The summed E-state index contributed by atoms with van der Waals surface area (Å²) >= 11 is 0. The van der Waals surface area contributed by atoms with Crippen LogP contribution in [0.3, 0.4) is 0 Å². The van der Waals surface area contributed by atoms with E-state index in [1.807, 2.05) is 0 Å². The zero-order chi connectivity index (χ0) is 12.4. The minimum absolute atomic E-state index is 0.0815. The smallest absolute Gasteiger partial charge is 0.272 e. The normalized spacial score (nSPS) is 20.9. The van der Waals surface area contributed by atoms with Crippen LogP contribution in [0.1, 0.15) is 23.3 Å². The van der Waals surface area contributed by atoms with E-state index in [9.17, 15) is 4.79 Å². The molecule has 1 aliphatic heterocycles. The van der Waals surface area contributed by atoms with E-state index in [0.717, 1.165) is 12.8 Å². The highest BCUT2D eigenvalue weighted by Crippen LogP contribution is 2.19. The lowest BCUT2D eigenvalue weighted by molar-refractivity contribution is 0.0757. The lowest BCUT2D eigenvalue weighted by Crippen LogP contribution is -2.44. The van der Waals surface area contributed by atoms with Crippen LogP contribution >= 0.6 is 0 Å². The quantitative estimate of drug-likeness (QED) is 0.321. The number of nitrogens with zero attached hydrogens (tertiary/aromatic N) is 4. The number of hydrogen-bond donors (Lipinski definition) is 2. The van der Waals surface area contributed by atoms with Crippen LogP contribution in [0, 0.1) is 0 Å². The summed E-state index contributed by atoms with van der Waals surface area (Å²) in [7, 11) is 1.71. The fourth-order valence-corrected chi connectivity index (χ4v) is 2.11. The Balaban J connectivity index is 2.23. The molecule has 1 aromatic rings. The maximum Gasteiger partial charge on any atom is 0.272 e. The van der Waals surface area contributed by atoms with E-state index in [4.69, 9.17) is 10.9 Å². The molecule has 0 aromatic carbocycles. The summed E-state index contributed by atoms with van der Waals surface area (Å²) in [5, 5.41) is 15.6. The zero-order valence-electron chi connectivity index (χ0n) is 9.58. The van der Waals surface area contributed by atoms with Gasteiger partial charge in [-0.25, -0.2) is 0 Å². The highest BCUT2D eigenvalue weighted by Gasteiger charge is 2.33. The Hall–Kier alpha value is -2.05. The second-order valence-electron chi connectivity index (χ2n) is 4.02. The number of carbonyl (C=O) groups is 1. The third kappa shape index (κ3) is 1.95. The monoisotopic (exact) mass is 237 g/mol. The molecule has 0 aliphatic carbocycles. The van der Waals surface area contributed by atoms with Crippen molar-refractivity contribution in [1.82, 2.24) is 14.7 Å². The molecule has 0 spiro atoms. The Morgan fingerprint density at radius 2 is 2.47 bits per heavy atom. The summed E-state index contributed by atoms with van der Waals surface area (Å²) in [6, 6.07) is 1.34. The Morgan fingerprint density at radius 1 is 1.71 bits per heavy atom. The zero-order valence-corrected chi connectivity index (χ0v) is 9.58. The summed E-state index contributed by atoms with van der Waals surface area (Å²) in [6.45, 7) is 0.616. The number of likely N-dealkylation sites (tertiary alicyclic amines) is 1. The van der Waals surface area contributed by atoms with Crippen LogP contribution in [0.25, 0.3) is 0 Å². The SMILES string of the molecule is Cn1nccc1C(=O)N1CCCC1C(N)=NO. The van der Waals surface area contributed by atoms with E-state index >= 15 is 0 Å². The first-order valence-corrected chi connectivity index (χ1v) is 5.41. The van der Waals surface area contributed by atoms with Crippen LogP contribution in [0.5, 0.6) is 0 Å². The minimum atomic E-state index is -0.317. The molecule has 2 rings (SSSR count).